The lowest BCUT2D eigenvalue weighted by atomic mass is 10.1. The quantitative estimate of drug-likeness (QED) is 0.444. The zero-order chi connectivity index (χ0) is 21.0. The molecule has 2 aromatic carbocycles. The van der Waals surface area contributed by atoms with E-state index >= 15 is 0 Å². The Labute approximate surface area is 175 Å². The van der Waals surface area contributed by atoms with Gasteiger partial charge in [0, 0.05) is 12.2 Å². The van der Waals surface area contributed by atoms with Crippen molar-refractivity contribution < 1.29 is 4.79 Å². The van der Waals surface area contributed by atoms with E-state index in [0.29, 0.717) is 22.6 Å². The van der Waals surface area contributed by atoms with Gasteiger partial charge in [0.05, 0.1) is 16.2 Å². The van der Waals surface area contributed by atoms with Crippen LogP contribution in [0.2, 0.25) is 0 Å². The summed E-state index contributed by atoms with van der Waals surface area (Å²) in [4.78, 5) is 30.5. The molecule has 152 valence electrons. The van der Waals surface area contributed by atoms with Crippen LogP contribution in [0.1, 0.15) is 37.8 Å². The summed E-state index contributed by atoms with van der Waals surface area (Å²) >= 11 is 1.33. The number of carbonyl (C=O) groups is 1. The SMILES string of the molecule is CCCCn1c(SC(C)C(=O)Nc2cc(C)ccc2C)nc2ccccc2c1=O. The summed E-state index contributed by atoms with van der Waals surface area (Å²) in [6.07, 6.45) is 1.86. The number of carbonyl (C=O) groups excluding carboxylic acids is 1. The van der Waals surface area contributed by atoms with Crippen LogP contribution in [-0.4, -0.2) is 20.7 Å². The van der Waals surface area contributed by atoms with Crippen LogP contribution in [0.5, 0.6) is 0 Å². The summed E-state index contributed by atoms with van der Waals surface area (Å²) in [5.74, 6) is -0.104. The number of anilines is 1. The van der Waals surface area contributed by atoms with Gasteiger partial charge in [0.15, 0.2) is 5.16 Å². The number of nitrogens with one attached hydrogen (secondary N) is 1. The zero-order valence-electron chi connectivity index (χ0n) is 17.4. The predicted molar refractivity (Wildman–Crippen MR) is 121 cm³/mol. The monoisotopic (exact) mass is 409 g/mol. The van der Waals surface area contributed by atoms with Gasteiger partial charge in [0.25, 0.3) is 5.56 Å². The van der Waals surface area contributed by atoms with Gasteiger partial charge in [-0.2, -0.15) is 0 Å². The molecule has 1 aromatic heterocycles. The Kier molecular flexibility index (Phi) is 6.75. The van der Waals surface area contributed by atoms with Crippen LogP contribution in [0.3, 0.4) is 0 Å². The highest BCUT2D eigenvalue weighted by Crippen LogP contribution is 2.25. The molecule has 1 unspecified atom stereocenters. The number of benzene rings is 2. The van der Waals surface area contributed by atoms with Crippen molar-refractivity contribution in [2.45, 2.75) is 57.5 Å². The van der Waals surface area contributed by atoms with Crippen molar-refractivity contribution in [1.82, 2.24) is 9.55 Å². The number of rotatable bonds is 7. The Balaban J connectivity index is 1.88. The fraction of sp³-hybridized carbons (Fsp3) is 0.348. The molecule has 0 aliphatic carbocycles. The third-order valence-corrected chi connectivity index (χ3v) is 5.95. The molecule has 0 bridgehead atoms. The molecule has 29 heavy (non-hydrogen) atoms. The Hall–Kier alpha value is -2.60. The van der Waals surface area contributed by atoms with Gasteiger partial charge in [-0.1, -0.05) is 49.4 Å². The van der Waals surface area contributed by atoms with E-state index in [9.17, 15) is 9.59 Å². The van der Waals surface area contributed by atoms with Crippen LogP contribution in [0, 0.1) is 13.8 Å². The van der Waals surface area contributed by atoms with Crippen LogP contribution in [0.4, 0.5) is 5.69 Å². The average molecular weight is 410 g/mol. The van der Waals surface area contributed by atoms with Crippen molar-refractivity contribution in [2.24, 2.45) is 0 Å². The number of amides is 1. The van der Waals surface area contributed by atoms with Gasteiger partial charge in [-0.05, 0) is 56.5 Å². The Bertz CT molecular complexity index is 1090. The van der Waals surface area contributed by atoms with Crippen molar-refractivity contribution in [3.8, 4) is 0 Å². The number of para-hydroxylation sites is 1. The summed E-state index contributed by atoms with van der Waals surface area (Å²) in [6.45, 7) is 8.50. The molecular weight excluding hydrogens is 382 g/mol. The summed E-state index contributed by atoms with van der Waals surface area (Å²) in [7, 11) is 0. The number of thioether (sulfide) groups is 1. The van der Waals surface area contributed by atoms with Gasteiger partial charge >= 0.3 is 0 Å². The van der Waals surface area contributed by atoms with Crippen molar-refractivity contribution in [1.29, 1.82) is 0 Å². The van der Waals surface area contributed by atoms with Crippen molar-refractivity contribution >= 4 is 34.3 Å². The third kappa shape index (κ3) is 4.88. The second-order valence-electron chi connectivity index (χ2n) is 7.29. The number of nitrogens with zero attached hydrogens (tertiary/aromatic N) is 2. The van der Waals surface area contributed by atoms with E-state index in [2.05, 4.69) is 12.2 Å². The van der Waals surface area contributed by atoms with E-state index in [-0.39, 0.29) is 11.5 Å². The maximum atomic E-state index is 13.0. The topological polar surface area (TPSA) is 64.0 Å². The number of hydrogen-bond acceptors (Lipinski definition) is 4. The van der Waals surface area contributed by atoms with Crippen LogP contribution >= 0.6 is 11.8 Å². The minimum atomic E-state index is -0.393. The van der Waals surface area contributed by atoms with Gasteiger partial charge in [-0.3, -0.25) is 14.2 Å². The average Bonchev–Trinajstić information content (AvgIpc) is 2.70. The summed E-state index contributed by atoms with van der Waals surface area (Å²) in [6, 6.07) is 13.4. The minimum Gasteiger partial charge on any atom is -0.325 e. The van der Waals surface area contributed by atoms with Gasteiger partial charge in [0.1, 0.15) is 0 Å². The third-order valence-electron chi connectivity index (χ3n) is 4.86. The molecule has 6 heteroatoms. The smallest absolute Gasteiger partial charge is 0.262 e. The highest BCUT2D eigenvalue weighted by molar-refractivity contribution is 8.00. The van der Waals surface area contributed by atoms with Crippen LogP contribution < -0.4 is 10.9 Å². The number of hydrogen-bond donors (Lipinski definition) is 1. The molecule has 1 amide bonds. The van der Waals surface area contributed by atoms with Crippen LogP contribution in [0.25, 0.3) is 10.9 Å². The van der Waals surface area contributed by atoms with Gasteiger partial charge in [-0.15, -0.1) is 0 Å². The molecule has 0 saturated carbocycles. The molecule has 1 atom stereocenters. The van der Waals surface area contributed by atoms with Crippen LogP contribution in [0.15, 0.2) is 52.4 Å². The number of unbranched alkanes of at least 4 members (excludes halogenated alkanes) is 1. The first-order chi connectivity index (χ1) is 13.9. The first-order valence-electron chi connectivity index (χ1n) is 9.95. The molecule has 0 aliphatic heterocycles. The maximum Gasteiger partial charge on any atom is 0.262 e. The molecule has 0 saturated heterocycles. The molecular formula is C23H27N3O2S. The molecule has 1 N–H and O–H groups in total. The molecule has 0 fully saturated rings. The molecule has 5 nitrogen and oxygen atoms in total. The standard InChI is InChI=1S/C23H27N3O2S/c1-5-6-13-26-22(28)18-9-7-8-10-19(18)25-23(26)29-17(4)21(27)24-20-14-15(2)11-12-16(20)3/h7-12,14,17H,5-6,13H2,1-4H3,(H,24,27). The Morgan fingerprint density at radius 1 is 1.21 bits per heavy atom. The van der Waals surface area contributed by atoms with Gasteiger partial charge < -0.3 is 5.32 Å². The normalized spacial score (nSPS) is 12.1. The van der Waals surface area contributed by atoms with E-state index < -0.39 is 5.25 Å². The van der Waals surface area contributed by atoms with Gasteiger partial charge in [-0.25, -0.2) is 4.98 Å². The number of aryl methyl sites for hydroxylation is 2. The fourth-order valence-corrected chi connectivity index (χ4v) is 4.00. The second-order valence-corrected chi connectivity index (χ2v) is 8.60. The molecule has 1 heterocycles. The van der Waals surface area contributed by atoms with Gasteiger partial charge in [0.2, 0.25) is 5.91 Å². The molecule has 0 radical (unpaired) electrons. The Morgan fingerprint density at radius 3 is 2.72 bits per heavy atom. The molecule has 0 aliphatic rings. The highest BCUT2D eigenvalue weighted by atomic mass is 32.2. The fourth-order valence-electron chi connectivity index (χ4n) is 3.07. The predicted octanol–water partition coefficient (Wildman–Crippen LogP) is 4.93. The Morgan fingerprint density at radius 2 is 1.97 bits per heavy atom. The summed E-state index contributed by atoms with van der Waals surface area (Å²) in [5.41, 5.74) is 3.54. The first-order valence-corrected chi connectivity index (χ1v) is 10.8. The molecule has 3 rings (SSSR count). The van der Waals surface area contributed by atoms with E-state index in [1.807, 2.05) is 57.2 Å². The first kappa shape index (κ1) is 21.1. The van der Waals surface area contributed by atoms with E-state index in [1.165, 1.54) is 11.8 Å². The van der Waals surface area contributed by atoms with Crippen LogP contribution in [-0.2, 0) is 11.3 Å². The van der Waals surface area contributed by atoms with Crippen molar-refractivity contribution in [3.05, 3.63) is 63.9 Å². The highest BCUT2D eigenvalue weighted by Gasteiger charge is 2.20. The largest absolute Gasteiger partial charge is 0.325 e. The van der Waals surface area contributed by atoms with E-state index in [4.69, 9.17) is 4.98 Å². The second kappa shape index (κ2) is 9.27. The van der Waals surface area contributed by atoms with Crippen molar-refractivity contribution in [2.75, 3.05) is 5.32 Å². The maximum absolute atomic E-state index is 13.0. The van der Waals surface area contributed by atoms with E-state index in [0.717, 1.165) is 29.7 Å². The molecule has 0 spiro atoms. The lowest BCUT2D eigenvalue weighted by molar-refractivity contribution is -0.115. The van der Waals surface area contributed by atoms with E-state index in [1.54, 1.807) is 10.6 Å². The summed E-state index contributed by atoms with van der Waals surface area (Å²) in [5, 5.41) is 3.82. The molecule has 3 aromatic rings. The summed E-state index contributed by atoms with van der Waals surface area (Å²) < 4.78 is 1.71. The number of aromatic nitrogens is 2. The lowest BCUT2D eigenvalue weighted by Crippen LogP contribution is -2.27. The van der Waals surface area contributed by atoms with Crippen molar-refractivity contribution in [3.63, 3.8) is 0 Å². The minimum absolute atomic E-state index is 0.0475. The number of fused-ring (bicyclic) bond motifs is 1. The lowest BCUT2D eigenvalue weighted by Gasteiger charge is -2.17. The zero-order valence-corrected chi connectivity index (χ0v) is 18.2.